The van der Waals surface area contributed by atoms with Crippen molar-refractivity contribution < 1.29 is 21.6 Å². The number of nitrogens with zero attached hydrogens (tertiary/aromatic N) is 2. The second-order valence-electron chi connectivity index (χ2n) is 9.46. The number of alkyl halides is 3. The molecular weight excluding hydrogens is 485 g/mol. The predicted octanol–water partition coefficient (Wildman–Crippen LogP) is 6.03. The third-order valence-electron chi connectivity index (χ3n) is 7.06. The Morgan fingerprint density at radius 2 is 1.76 bits per heavy atom. The van der Waals surface area contributed by atoms with Crippen LogP contribution in [0.2, 0.25) is 5.02 Å². The molecule has 0 N–H and O–H groups in total. The van der Waals surface area contributed by atoms with E-state index in [0.29, 0.717) is 23.9 Å². The first-order valence-corrected chi connectivity index (χ1v) is 13.9. The number of hydrogen-bond acceptors (Lipinski definition) is 4. The molecule has 1 aliphatic heterocycles. The van der Waals surface area contributed by atoms with Crippen LogP contribution in [0.25, 0.3) is 0 Å². The van der Waals surface area contributed by atoms with E-state index in [1.165, 1.54) is 37.7 Å². The van der Waals surface area contributed by atoms with E-state index in [-0.39, 0.29) is 11.1 Å². The molecule has 186 valence electrons. The van der Waals surface area contributed by atoms with Crippen molar-refractivity contribution in [1.29, 1.82) is 0 Å². The lowest BCUT2D eigenvalue weighted by atomic mass is 9.82. The van der Waals surface area contributed by atoms with Gasteiger partial charge in [-0.1, -0.05) is 43.0 Å². The Hall–Kier alpha value is -1.77. The van der Waals surface area contributed by atoms with Crippen molar-refractivity contribution in [2.24, 2.45) is 5.92 Å². The molecule has 4 nitrogen and oxygen atoms in total. The van der Waals surface area contributed by atoms with Crippen LogP contribution in [0.1, 0.15) is 43.2 Å². The Bertz CT molecular complexity index is 1120. The number of benzene rings is 2. The Morgan fingerprint density at radius 1 is 1.03 bits per heavy atom. The summed E-state index contributed by atoms with van der Waals surface area (Å²) >= 11 is 5.98. The Balaban J connectivity index is 1.56. The third kappa shape index (κ3) is 5.89. The van der Waals surface area contributed by atoms with Crippen molar-refractivity contribution in [3.8, 4) is 0 Å². The first-order chi connectivity index (χ1) is 16.0. The molecule has 2 fully saturated rings. The summed E-state index contributed by atoms with van der Waals surface area (Å²) in [5.41, 5.74) is 0.851. The lowest BCUT2D eigenvalue weighted by molar-refractivity contribution is -0.137. The molecule has 4 rings (SSSR count). The monoisotopic (exact) mass is 514 g/mol. The highest BCUT2D eigenvalue weighted by Gasteiger charge is 2.35. The second-order valence-corrected chi connectivity index (χ2v) is 11.9. The average Bonchev–Trinajstić information content (AvgIpc) is 2.79. The van der Waals surface area contributed by atoms with Crippen molar-refractivity contribution in [3.63, 3.8) is 0 Å². The van der Waals surface area contributed by atoms with E-state index in [1.54, 1.807) is 18.2 Å². The zero-order valence-corrected chi connectivity index (χ0v) is 20.8. The van der Waals surface area contributed by atoms with Crippen LogP contribution in [0.3, 0.4) is 0 Å². The van der Waals surface area contributed by atoms with Crippen molar-refractivity contribution in [2.45, 2.75) is 55.8 Å². The third-order valence-corrected chi connectivity index (χ3v) is 8.49. The summed E-state index contributed by atoms with van der Waals surface area (Å²) in [6, 6.07) is 11.3. The quantitative estimate of drug-likeness (QED) is 0.488. The van der Waals surface area contributed by atoms with Gasteiger partial charge in [-0.05, 0) is 54.7 Å². The van der Waals surface area contributed by atoms with E-state index < -0.39 is 21.6 Å². The van der Waals surface area contributed by atoms with Gasteiger partial charge in [-0.2, -0.15) is 13.2 Å². The standard InChI is InChI=1S/C25H30ClF3N2O2S/c1-34(32,33)21-9-5-8-20(15-21)30-12-13-31(24(17-30)19-6-3-2-4-7-19)16-18-10-11-22(23(26)14-18)25(27,28)29/h5,8-11,14-15,19,24H,2-4,6-7,12-13,16-17H2,1H3. The van der Waals surface area contributed by atoms with E-state index in [2.05, 4.69) is 9.80 Å². The molecule has 1 atom stereocenters. The van der Waals surface area contributed by atoms with Crippen molar-refractivity contribution >= 4 is 27.1 Å². The summed E-state index contributed by atoms with van der Waals surface area (Å²) in [6.07, 6.45) is 2.61. The molecule has 1 aliphatic carbocycles. The molecule has 9 heteroatoms. The van der Waals surface area contributed by atoms with Gasteiger partial charge >= 0.3 is 6.18 Å². The molecule has 0 spiro atoms. The fraction of sp³-hybridized carbons (Fsp3) is 0.520. The van der Waals surface area contributed by atoms with E-state index in [4.69, 9.17) is 11.6 Å². The summed E-state index contributed by atoms with van der Waals surface area (Å²) in [4.78, 5) is 4.91. The van der Waals surface area contributed by atoms with Gasteiger partial charge in [-0.25, -0.2) is 8.42 Å². The average molecular weight is 515 g/mol. The van der Waals surface area contributed by atoms with Crippen LogP contribution in [0.5, 0.6) is 0 Å². The van der Waals surface area contributed by atoms with Gasteiger partial charge in [0.1, 0.15) is 0 Å². The highest BCUT2D eigenvalue weighted by molar-refractivity contribution is 7.90. The number of sulfone groups is 1. The van der Waals surface area contributed by atoms with Gasteiger partial charge in [0, 0.05) is 44.2 Å². The van der Waals surface area contributed by atoms with E-state index in [1.807, 2.05) is 6.07 Å². The van der Waals surface area contributed by atoms with E-state index in [0.717, 1.165) is 43.2 Å². The minimum atomic E-state index is -4.47. The number of rotatable bonds is 5. The normalized spacial score (nSPS) is 21.1. The van der Waals surface area contributed by atoms with Gasteiger partial charge in [0.2, 0.25) is 0 Å². The summed E-state index contributed by atoms with van der Waals surface area (Å²) in [5.74, 6) is 0.500. The maximum atomic E-state index is 13.1. The molecule has 1 heterocycles. The molecular formula is C25H30ClF3N2O2S. The largest absolute Gasteiger partial charge is 0.417 e. The molecule has 2 aromatic rings. The fourth-order valence-corrected chi connectivity index (χ4v) is 6.25. The molecule has 2 aliphatic rings. The second kappa shape index (κ2) is 10.1. The van der Waals surface area contributed by atoms with Gasteiger partial charge in [0.15, 0.2) is 9.84 Å². The number of halogens is 4. The van der Waals surface area contributed by atoms with Crippen molar-refractivity contribution in [3.05, 3.63) is 58.6 Å². The summed E-state index contributed by atoms with van der Waals surface area (Å²) in [7, 11) is -3.30. The molecule has 0 bridgehead atoms. The predicted molar refractivity (Wildman–Crippen MR) is 129 cm³/mol. The van der Waals surface area contributed by atoms with Crippen LogP contribution in [0.4, 0.5) is 18.9 Å². The summed E-state index contributed by atoms with van der Waals surface area (Å²) in [6.45, 7) is 2.75. The van der Waals surface area contributed by atoms with E-state index >= 15 is 0 Å². The van der Waals surface area contributed by atoms with Crippen LogP contribution in [-0.2, 0) is 22.6 Å². The van der Waals surface area contributed by atoms with Gasteiger partial charge < -0.3 is 4.90 Å². The number of anilines is 1. The van der Waals surface area contributed by atoms with Crippen LogP contribution < -0.4 is 4.90 Å². The Morgan fingerprint density at radius 3 is 2.41 bits per heavy atom. The van der Waals surface area contributed by atoms with Gasteiger partial charge in [-0.3, -0.25) is 4.90 Å². The SMILES string of the molecule is CS(=O)(=O)c1cccc(N2CCN(Cc3ccc(C(F)(F)F)c(Cl)c3)C(C3CCCCC3)C2)c1. The highest BCUT2D eigenvalue weighted by atomic mass is 35.5. The highest BCUT2D eigenvalue weighted by Crippen LogP contribution is 2.36. The molecule has 0 amide bonds. The summed E-state index contributed by atoms with van der Waals surface area (Å²) < 4.78 is 63.4. The number of piperazine rings is 1. The Kier molecular flexibility index (Phi) is 7.50. The van der Waals surface area contributed by atoms with E-state index in [9.17, 15) is 21.6 Å². The minimum absolute atomic E-state index is 0.233. The zero-order chi connectivity index (χ0) is 24.5. The molecule has 0 aromatic heterocycles. The number of hydrogen-bond donors (Lipinski definition) is 0. The molecule has 1 saturated carbocycles. The smallest absolute Gasteiger partial charge is 0.369 e. The fourth-order valence-electron chi connectivity index (χ4n) is 5.28. The minimum Gasteiger partial charge on any atom is -0.369 e. The lowest BCUT2D eigenvalue weighted by Gasteiger charge is -2.47. The van der Waals surface area contributed by atoms with Gasteiger partial charge in [0.25, 0.3) is 0 Å². The first-order valence-electron chi connectivity index (χ1n) is 11.7. The van der Waals surface area contributed by atoms with Crippen LogP contribution in [-0.4, -0.2) is 45.2 Å². The topological polar surface area (TPSA) is 40.6 Å². The van der Waals surface area contributed by atoms with Crippen LogP contribution in [0.15, 0.2) is 47.4 Å². The van der Waals surface area contributed by atoms with Crippen LogP contribution in [0, 0.1) is 5.92 Å². The molecule has 34 heavy (non-hydrogen) atoms. The van der Waals surface area contributed by atoms with Crippen LogP contribution >= 0.6 is 11.6 Å². The molecule has 1 saturated heterocycles. The van der Waals surface area contributed by atoms with Gasteiger partial charge in [-0.15, -0.1) is 0 Å². The van der Waals surface area contributed by atoms with Gasteiger partial charge in [0.05, 0.1) is 15.5 Å². The molecule has 2 aromatic carbocycles. The van der Waals surface area contributed by atoms with Crippen molar-refractivity contribution in [2.75, 3.05) is 30.8 Å². The maximum Gasteiger partial charge on any atom is 0.417 e. The first kappa shape index (κ1) is 25.3. The zero-order valence-electron chi connectivity index (χ0n) is 19.2. The molecule has 0 radical (unpaired) electrons. The lowest BCUT2D eigenvalue weighted by Crippen LogP contribution is -2.56. The Labute approximate surface area is 204 Å². The molecule has 1 unspecified atom stereocenters. The van der Waals surface area contributed by atoms with Crippen molar-refractivity contribution in [1.82, 2.24) is 4.90 Å². The maximum absolute atomic E-state index is 13.1. The summed E-state index contributed by atoms with van der Waals surface area (Å²) in [5, 5.41) is -0.268.